The van der Waals surface area contributed by atoms with Crippen LogP contribution in [0.4, 0.5) is 0 Å². The van der Waals surface area contributed by atoms with Gasteiger partial charge in [-0.15, -0.1) is 0 Å². The summed E-state index contributed by atoms with van der Waals surface area (Å²) in [6.07, 6.45) is 33.0. The second kappa shape index (κ2) is 18.9. The van der Waals surface area contributed by atoms with Crippen LogP contribution in [-0.4, -0.2) is 35.5 Å². The summed E-state index contributed by atoms with van der Waals surface area (Å²) in [5.74, 6) is 0. The smallest absolute Gasteiger partial charge is 0.166 e. The maximum atomic E-state index is 9.39. The van der Waals surface area contributed by atoms with E-state index in [0.29, 0.717) is 6.17 Å². The van der Waals surface area contributed by atoms with Crippen LogP contribution in [-0.2, 0) is 0 Å². The molecule has 0 radical (unpaired) electrons. The molecule has 1 aliphatic heterocycles. The molecule has 0 aromatic heterocycles. The van der Waals surface area contributed by atoms with Crippen LogP contribution >= 0.6 is 0 Å². The van der Waals surface area contributed by atoms with Crippen molar-refractivity contribution in [2.45, 2.75) is 129 Å². The zero-order valence-electron chi connectivity index (χ0n) is 20.4. The molecule has 176 valence electrons. The van der Waals surface area contributed by atoms with Gasteiger partial charge in [0.05, 0.1) is 19.4 Å². The molecule has 30 heavy (non-hydrogen) atoms. The Morgan fingerprint density at radius 2 is 1.30 bits per heavy atom. The highest BCUT2D eigenvalue weighted by molar-refractivity contribution is 4.84. The quantitative estimate of drug-likeness (QED) is 0.115. The molecule has 2 atom stereocenters. The molecule has 3 heteroatoms. The summed E-state index contributed by atoms with van der Waals surface area (Å²) in [4.78, 5) is 0. The first-order valence-electron chi connectivity index (χ1n) is 13.3. The van der Waals surface area contributed by atoms with Gasteiger partial charge < -0.3 is 10.4 Å². The van der Waals surface area contributed by atoms with E-state index in [9.17, 15) is 5.11 Å². The minimum absolute atomic E-state index is 0.271. The van der Waals surface area contributed by atoms with Crippen molar-refractivity contribution in [3.05, 3.63) is 24.6 Å². The molecule has 0 aromatic rings. The molecule has 1 rings (SSSR count). The molecule has 0 fully saturated rings. The van der Waals surface area contributed by atoms with E-state index in [1.54, 1.807) is 0 Å². The summed E-state index contributed by atoms with van der Waals surface area (Å²) in [6.45, 7) is 6.51. The molecule has 0 aromatic carbocycles. The third-order valence-corrected chi connectivity index (χ3v) is 6.97. The van der Waals surface area contributed by atoms with Gasteiger partial charge in [0.2, 0.25) is 0 Å². The minimum Gasteiger partial charge on any atom is -0.390 e. The molecular formula is C27H53N2O+. The number of hydrogen-bond donors (Lipinski definition) is 2. The number of aliphatic hydroxyl groups is 1. The third-order valence-electron chi connectivity index (χ3n) is 6.97. The number of quaternary nitrogens is 1. The molecule has 3 nitrogen and oxygen atoms in total. The number of likely N-dealkylation sites (N-methyl/N-ethyl adjacent to an activating group) is 1. The zero-order valence-corrected chi connectivity index (χ0v) is 20.4. The van der Waals surface area contributed by atoms with E-state index >= 15 is 0 Å². The summed E-state index contributed by atoms with van der Waals surface area (Å²) in [6, 6.07) is 0. The standard InChI is InChI=1S/C27H53N2O/c1-3-5-6-7-8-9-10-11-12-13-14-15-16-17-18-19-20-21-22-27-28-23-24-29(27,4-2)25-26-30/h3,5,23-24,27-28,30H,4,6-22,25-26H2,1-2H3/q+1/b5-3+. The molecular weight excluding hydrogens is 368 g/mol. The number of rotatable bonds is 21. The first-order valence-corrected chi connectivity index (χ1v) is 13.3. The van der Waals surface area contributed by atoms with E-state index in [1.165, 1.54) is 109 Å². The highest BCUT2D eigenvalue weighted by Gasteiger charge is 2.35. The van der Waals surface area contributed by atoms with Gasteiger partial charge in [-0.1, -0.05) is 95.6 Å². The highest BCUT2D eigenvalue weighted by Crippen LogP contribution is 2.23. The van der Waals surface area contributed by atoms with E-state index in [-0.39, 0.29) is 6.61 Å². The number of allylic oxidation sites excluding steroid dienone is 2. The van der Waals surface area contributed by atoms with E-state index in [4.69, 9.17) is 0 Å². The van der Waals surface area contributed by atoms with Crippen LogP contribution in [0.5, 0.6) is 0 Å². The van der Waals surface area contributed by atoms with Crippen LogP contribution in [0.3, 0.4) is 0 Å². The van der Waals surface area contributed by atoms with Crippen molar-refractivity contribution in [2.75, 3.05) is 19.7 Å². The average Bonchev–Trinajstić information content (AvgIpc) is 3.16. The van der Waals surface area contributed by atoms with Crippen LogP contribution < -0.4 is 5.32 Å². The molecule has 2 unspecified atom stereocenters. The van der Waals surface area contributed by atoms with Crippen LogP contribution in [0.1, 0.15) is 123 Å². The topological polar surface area (TPSA) is 32.3 Å². The van der Waals surface area contributed by atoms with Crippen molar-refractivity contribution in [3.63, 3.8) is 0 Å². The molecule has 0 amide bonds. The lowest BCUT2D eigenvalue weighted by molar-refractivity contribution is -0.900. The second-order valence-corrected chi connectivity index (χ2v) is 9.31. The van der Waals surface area contributed by atoms with Crippen molar-refractivity contribution < 1.29 is 9.59 Å². The molecule has 0 saturated heterocycles. The number of hydrogen-bond acceptors (Lipinski definition) is 2. The minimum atomic E-state index is 0.271. The van der Waals surface area contributed by atoms with Gasteiger partial charge in [0.15, 0.2) is 6.17 Å². The Morgan fingerprint density at radius 3 is 1.77 bits per heavy atom. The maximum Gasteiger partial charge on any atom is 0.166 e. The van der Waals surface area contributed by atoms with Gasteiger partial charge in [-0.25, -0.2) is 0 Å². The molecule has 2 N–H and O–H groups in total. The fraction of sp³-hybridized carbons (Fsp3) is 0.852. The lowest BCUT2D eigenvalue weighted by Crippen LogP contribution is -2.54. The fourth-order valence-electron chi connectivity index (χ4n) is 4.86. The van der Waals surface area contributed by atoms with Crippen molar-refractivity contribution in [1.29, 1.82) is 0 Å². The van der Waals surface area contributed by atoms with Crippen molar-refractivity contribution >= 4 is 0 Å². The first kappa shape index (κ1) is 27.2. The van der Waals surface area contributed by atoms with E-state index in [2.05, 4.69) is 43.7 Å². The molecule has 0 aliphatic carbocycles. The highest BCUT2D eigenvalue weighted by atomic mass is 16.3. The van der Waals surface area contributed by atoms with Crippen LogP contribution in [0.25, 0.3) is 0 Å². The van der Waals surface area contributed by atoms with Crippen molar-refractivity contribution in [3.8, 4) is 0 Å². The normalized spacial score (nSPS) is 21.0. The van der Waals surface area contributed by atoms with E-state index < -0.39 is 0 Å². The Labute approximate surface area is 188 Å². The molecule has 0 saturated carbocycles. The number of aliphatic hydroxyl groups excluding tert-OH is 1. The Morgan fingerprint density at radius 1 is 0.800 bits per heavy atom. The SMILES string of the molecule is C/C=C/CCCCCCCCCCCCCCCCCC1NC=C[N+]1(CC)CCO. The molecule has 0 bridgehead atoms. The summed E-state index contributed by atoms with van der Waals surface area (Å²) in [5.41, 5.74) is 0. The van der Waals surface area contributed by atoms with Crippen LogP contribution in [0.15, 0.2) is 24.6 Å². The Bertz CT molecular complexity index is 435. The fourth-order valence-corrected chi connectivity index (χ4v) is 4.86. The predicted molar refractivity (Wildman–Crippen MR) is 132 cm³/mol. The van der Waals surface area contributed by atoms with Gasteiger partial charge in [0, 0.05) is 6.42 Å². The Balaban J connectivity index is 1.82. The summed E-state index contributed by atoms with van der Waals surface area (Å²) < 4.78 is 0.910. The third kappa shape index (κ3) is 12.2. The summed E-state index contributed by atoms with van der Waals surface area (Å²) in [7, 11) is 0. The van der Waals surface area contributed by atoms with Crippen molar-refractivity contribution in [1.82, 2.24) is 5.32 Å². The molecule has 0 spiro atoms. The van der Waals surface area contributed by atoms with Crippen LogP contribution in [0.2, 0.25) is 0 Å². The number of unbranched alkanes of at least 4 members (excludes halogenated alkanes) is 15. The summed E-state index contributed by atoms with van der Waals surface area (Å²) >= 11 is 0. The maximum absolute atomic E-state index is 9.39. The second-order valence-electron chi connectivity index (χ2n) is 9.31. The van der Waals surface area contributed by atoms with Gasteiger partial charge in [0.1, 0.15) is 12.7 Å². The summed E-state index contributed by atoms with van der Waals surface area (Å²) in [5, 5.41) is 12.9. The Hall–Kier alpha value is -0.800. The lowest BCUT2D eigenvalue weighted by atomic mass is 10.0. The van der Waals surface area contributed by atoms with Gasteiger partial charge in [-0.3, -0.25) is 4.48 Å². The number of nitrogens with zero attached hydrogens (tertiary/aromatic N) is 1. The monoisotopic (exact) mass is 421 g/mol. The molecule has 1 heterocycles. The molecule has 1 aliphatic rings. The van der Waals surface area contributed by atoms with Crippen LogP contribution in [0, 0.1) is 0 Å². The first-order chi connectivity index (χ1) is 14.8. The average molecular weight is 422 g/mol. The van der Waals surface area contributed by atoms with Gasteiger partial charge in [0.25, 0.3) is 0 Å². The van der Waals surface area contributed by atoms with Gasteiger partial charge in [-0.2, -0.15) is 0 Å². The van der Waals surface area contributed by atoms with Gasteiger partial charge >= 0.3 is 0 Å². The zero-order chi connectivity index (χ0) is 21.8. The van der Waals surface area contributed by atoms with E-state index in [0.717, 1.165) is 17.6 Å². The van der Waals surface area contributed by atoms with Gasteiger partial charge in [-0.05, 0) is 33.1 Å². The Kier molecular flexibility index (Phi) is 17.2. The largest absolute Gasteiger partial charge is 0.390 e. The van der Waals surface area contributed by atoms with Crippen molar-refractivity contribution in [2.24, 2.45) is 0 Å². The van der Waals surface area contributed by atoms with E-state index in [1.807, 2.05) is 0 Å². The lowest BCUT2D eigenvalue weighted by Gasteiger charge is -2.36. The predicted octanol–water partition coefficient (Wildman–Crippen LogP) is 7.42. The number of nitrogens with one attached hydrogen (secondary N) is 1.